The van der Waals surface area contributed by atoms with Crippen molar-refractivity contribution in [3.05, 3.63) is 46.2 Å². The lowest BCUT2D eigenvalue weighted by Crippen LogP contribution is -2.00. The first-order chi connectivity index (χ1) is 10.3. The van der Waals surface area contributed by atoms with Crippen LogP contribution in [0.2, 0.25) is 5.02 Å². The summed E-state index contributed by atoms with van der Waals surface area (Å²) in [7, 11) is 0. The summed E-state index contributed by atoms with van der Waals surface area (Å²) in [6.07, 6.45) is 0. The van der Waals surface area contributed by atoms with Crippen LogP contribution >= 0.6 is 11.6 Å². The highest BCUT2D eigenvalue weighted by atomic mass is 35.5. The quantitative estimate of drug-likeness (QED) is 0.504. The highest BCUT2D eigenvalue weighted by Crippen LogP contribution is 2.38. The van der Waals surface area contributed by atoms with E-state index in [1.807, 2.05) is 0 Å². The molecular weight excluding hydrogens is 307 g/mol. The van der Waals surface area contributed by atoms with Gasteiger partial charge in [-0.3, -0.25) is 9.79 Å². The van der Waals surface area contributed by atoms with Crippen molar-refractivity contribution in [2.75, 3.05) is 5.73 Å². The molecule has 0 fully saturated rings. The summed E-state index contributed by atoms with van der Waals surface area (Å²) >= 11 is 6.02. The zero-order valence-corrected chi connectivity index (χ0v) is 12.9. The molecule has 2 aromatic rings. The van der Waals surface area contributed by atoms with Crippen LogP contribution in [0.3, 0.4) is 0 Å². The van der Waals surface area contributed by atoms with Gasteiger partial charge in [0.2, 0.25) is 0 Å². The molecule has 0 atom stereocenters. The molecule has 0 aliphatic rings. The van der Waals surface area contributed by atoms with Gasteiger partial charge in [0, 0.05) is 17.2 Å². The Labute approximate surface area is 132 Å². The average Bonchev–Trinajstić information content (AvgIpc) is 2.45. The Morgan fingerprint density at radius 1 is 1.36 bits per heavy atom. The van der Waals surface area contributed by atoms with E-state index in [4.69, 9.17) is 22.1 Å². The van der Waals surface area contributed by atoms with Gasteiger partial charge in [-0.15, -0.1) is 0 Å². The second-order valence-electron chi connectivity index (χ2n) is 4.71. The molecule has 114 valence electrons. The molecule has 0 aliphatic heterocycles. The fraction of sp³-hybridized carbons (Fsp3) is 0.125. The summed E-state index contributed by atoms with van der Waals surface area (Å²) < 4.78 is 19.1. The van der Waals surface area contributed by atoms with Crippen molar-refractivity contribution in [1.29, 1.82) is 0 Å². The molecule has 0 aromatic heterocycles. The second kappa shape index (κ2) is 6.15. The first-order valence-electron chi connectivity index (χ1n) is 6.38. The minimum Gasteiger partial charge on any atom is -0.455 e. The van der Waals surface area contributed by atoms with E-state index in [2.05, 4.69) is 11.7 Å². The van der Waals surface area contributed by atoms with Crippen LogP contribution in [-0.2, 0) is 0 Å². The number of anilines is 1. The van der Waals surface area contributed by atoms with E-state index >= 15 is 0 Å². The van der Waals surface area contributed by atoms with E-state index in [-0.39, 0.29) is 22.2 Å². The fourth-order valence-electron chi connectivity index (χ4n) is 2.14. The molecule has 6 heteroatoms. The highest BCUT2D eigenvalue weighted by Gasteiger charge is 2.16. The van der Waals surface area contributed by atoms with Gasteiger partial charge >= 0.3 is 0 Å². The van der Waals surface area contributed by atoms with Gasteiger partial charge in [0.05, 0.1) is 11.4 Å². The summed E-state index contributed by atoms with van der Waals surface area (Å²) in [5.41, 5.74) is 7.10. The lowest BCUT2D eigenvalue weighted by atomic mass is 10.0. The number of carbonyl (C=O) groups excluding carboxylic acids is 1. The Balaban J connectivity index is 2.54. The predicted molar refractivity (Wildman–Crippen MR) is 86.3 cm³/mol. The Kier molecular flexibility index (Phi) is 4.47. The highest BCUT2D eigenvalue weighted by molar-refractivity contribution is 6.34. The molecule has 2 aromatic carbocycles. The van der Waals surface area contributed by atoms with E-state index in [0.29, 0.717) is 22.6 Å². The zero-order chi connectivity index (χ0) is 16.4. The Hall–Kier alpha value is -2.40. The first-order valence-corrected chi connectivity index (χ1v) is 6.76. The Morgan fingerprint density at radius 3 is 2.64 bits per heavy atom. The number of hydrogen-bond acceptors (Lipinski definition) is 4. The number of halogens is 2. The van der Waals surface area contributed by atoms with Gasteiger partial charge in [0.25, 0.3) is 0 Å². The van der Waals surface area contributed by atoms with Gasteiger partial charge < -0.3 is 10.5 Å². The van der Waals surface area contributed by atoms with Gasteiger partial charge in [-0.1, -0.05) is 11.6 Å². The Bertz CT molecular complexity index is 775. The first kappa shape index (κ1) is 16.0. The molecule has 2 N–H and O–H groups in total. The number of ether oxygens (including phenoxy) is 1. The van der Waals surface area contributed by atoms with Gasteiger partial charge in [-0.05, 0) is 38.8 Å². The molecule has 2 rings (SSSR count). The number of nitrogens with zero attached hydrogens (tertiary/aromatic N) is 1. The van der Waals surface area contributed by atoms with Crippen LogP contribution in [0.25, 0.3) is 0 Å². The Morgan fingerprint density at radius 2 is 2.05 bits per heavy atom. The molecule has 4 nitrogen and oxygen atoms in total. The van der Waals surface area contributed by atoms with Gasteiger partial charge in [0.1, 0.15) is 16.6 Å². The van der Waals surface area contributed by atoms with Crippen LogP contribution < -0.4 is 10.5 Å². The van der Waals surface area contributed by atoms with Crippen molar-refractivity contribution >= 4 is 35.5 Å². The number of aliphatic imine (C=N–C) groups is 1. The predicted octanol–water partition coefficient (Wildman–Crippen LogP) is 4.70. The maximum absolute atomic E-state index is 13.4. The van der Waals surface area contributed by atoms with Crippen molar-refractivity contribution in [3.8, 4) is 11.5 Å². The molecule has 0 radical (unpaired) electrons. The third-order valence-corrected chi connectivity index (χ3v) is 3.57. The number of ketones is 1. The van der Waals surface area contributed by atoms with E-state index < -0.39 is 5.82 Å². The van der Waals surface area contributed by atoms with Crippen molar-refractivity contribution in [2.24, 2.45) is 4.99 Å². The van der Waals surface area contributed by atoms with Crippen LogP contribution in [0.5, 0.6) is 11.5 Å². The summed E-state index contributed by atoms with van der Waals surface area (Å²) in [4.78, 5) is 15.6. The molecule has 0 spiro atoms. The summed E-state index contributed by atoms with van der Waals surface area (Å²) in [5.74, 6) is -0.290. The van der Waals surface area contributed by atoms with Gasteiger partial charge in [-0.2, -0.15) is 0 Å². The molecule has 0 amide bonds. The van der Waals surface area contributed by atoms with Crippen LogP contribution in [0, 0.1) is 12.7 Å². The maximum Gasteiger partial charge on any atom is 0.162 e. The van der Waals surface area contributed by atoms with E-state index in [1.165, 1.54) is 6.92 Å². The largest absolute Gasteiger partial charge is 0.455 e. The van der Waals surface area contributed by atoms with Crippen LogP contribution in [0.15, 0.2) is 29.3 Å². The lowest BCUT2D eigenvalue weighted by molar-refractivity contribution is 0.101. The number of benzene rings is 2. The SMILES string of the molecule is C=Nc1ccc(Oc2cc(F)cc(N)c2Cl)c(C)c1C(C)=O. The molecule has 0 saturated carbocycles. The van der Waals surface area contributed by atoms with Crippen molar-refractivity contribution in [3.63, 3.8) is 0 Å². The van der Waals surface area contributed by atoms with Crippen molar-refractivity contribution in [1.82, 2.24) is 0 Å². The van der Waals surface area contributed by atoms with Crippen LogP contribution in [0.4, 0.5) is 15.8 Å². The smallest absolute Gasteiger partial charge is 0.162 e. The summed E-state index contributed by atoms with van der Waals surface area (Å²) in [6.45, 7) is 6.57. The molecule has 0 unspecified atom stereocenters. The monoisotopic (exact) mass is 320 g/mol. The van der Waals surface area contributed by atoms with Crippen molar-refractivity contribution in [2.45, 2.75) is 13.8 Å². The standard InChI is InChI=1S/C16H14ClFN2O2/c1-8-13(5-4-12(20-3)15(8)9(2)21)22-14-7-10(18)6-11(19)16(14)17/h4-7H,3,19H2,1-2H3. The second-order valence-corrected chi connectivity index (χ2v) is 5.08. The molecule has 0 bridgehead atoms. The third kappa shape index (κ3) is 2.94. The van der Waals surface area contributed by atoms with Crippen molar-refractivity contribution < 1.29 is 13.9 Å². The molecule has 0 aliphatic carbocycles. The maximum atomic E-state index is 13.4. The molecule has 0 saturated heterocycles. The fourth-order valence-corrected chi connectivity index (χ4v) is 2.29. The number of hydrogen-bond donors (Lipinski definition) is 1. The summed E-state index contributed by atoms with van der Waals surface area (Å²) in [6, 6.07) is 5.45. The minimum atomic E-state index is -0.564. The zero-order valence-electron chi connectivity index (χ0n) is 12.1. The lowest BCUT2D eigenvalue weighted by Gasteiger charge is -2.14. The van der Waals surface area contributed by atoms with E-state index in [9.17, 15) is 9.18 Å². The minimum absolute atomic E-state index is 0.0745. The molecule has 0 heterocycles. The topological polar surface area (TPSA) is 64.7 Å². The number of nitrogens with two attached hydrogens (primary N) is 1. The van der Waals surface area contributed by atoms with Gasteiger partial charge in [0.15, 0.2) is 11.5 Å². The molecular formula is C16H14ClFN2O2. The molecule has 22 heavy (non-hydrogen) atoms. The number of Topliss-reactive ketones (excluding diaryl/α,β-unsaturated/α-hetero) is 1. The van der Waals surface area contributed by atoms with E-state index in [0.717, 1.165) is 12.1 Å². The van der Waals surface area contributed by atoms with Crippen LogP contribution in [0.1, 0.15) is 22.8 Å². The van der Waals surface area contributed by atoms with Crippen LogP contribution in [-0.4, -0.2) is 12.5 Å². The summed E-state index contributed by atoms with van der Waals surface area (Å²) in [5, 5.41) is 0.107. The normalized spacial score (nSPS) is 10.4. The third-order valence-electron chi connectivity index (χ3n) is 3.17. The number of nitrogen functional groups attached to an aromatic ring is 1. The van der Waals surface area contributed by atoms with Gasteiger partial charge in [-0.25, -0.2) is 4.39 Å². The average molecular weight is 321 g/mol. The number of rotatable bonds is 4. The van der Waals surface area contributed by atoms with E-state index in [1.54, 1.807) is 19.1 Å². The number of carbonyl (C=O) groups is 1.